The molecule has 0 aliphatic carbocycles. The fraction of sp³-hybridized carbons (Fsp3) is 0.650. The molecule has 35 heavy (non-hydrogen) atoms. The van der Waals surface area contributed by atoms with Gasteiger partial charge in [-0.15, -0.1) is 0 Å². The van der Waals surface area contributed by atoms with E-state index in [-0.39, 0.29) is 19.3 Å². The first-order valence-corrected chi connectivity index (χ1v) is 10.9. The van der Waals surface area contributed by atoms with Gasteiger partial charge in [0.25, 0.3) is 0 Å². The molecule has 0 spiro atoms. The Morgan fingerprint density at radius 3 is 1.80 bits per heavy atom. The van der Waals surface area contributed by atoms with Crippen molar-refractivity contribution in [1.29, 1.82) is 0 Å². The lowest BCUT2D eigenvalue weighted by Gasteiger charge is -2.27. The van der Waals surface area contributed by atoms with Crippen LogP contribution < -0.4 is 33.2 Å². The van der Waals surface area contributed by atoms with Crippen LogP contribution in [-0.4, -0.2) is 75.9 Å². The van der Waals surface area contributed by atoms with Gasteiger partial charge >= 0.3 is 11.9 Å². The molecule has 0 fully saturated rings. The maximum absolute atomic E-state index is 12.9. The molecule has 5 unspecified atom stereocenters. The van der Waals surface area contributed by atoms with Crippen LogP contribution in [0.25, 0.3) is 0 Å². The fourth-order valence-corrected chi connectivity index (χ4v) is 2.86. The summed E-state index contributed by atoms with van der Waals surface area (Å²) in [5.41, 5.74) is 15.8. The topological polar surface area (TPSA) is 274 Å². The largest absolute Gasteiger partial charge is 0.481 e. The number of aliphatic carboxylic acids is 2. The number of hydrogen-bond donors (Lipinski definition) is 8. The number of amides is 5. The van der Waals surface area contributed by atoms with Crippen molar-refractivity contribution in [2.45, 2.75) is 76.5 Å². The van der Waals surface area contributed by atoms with Crippen LogP contribution in [0.5, 0.6) is 0 Å². The maximum Gasteiger partial charge on any atom is 0.326 e. The molecule has 0 saturated carbocycles. The smallest absolute Gasteiger partial charge is 0.326 e. The molecule has 0 bridgehead atoms. The Morgan fingerprint density at radius 2 is 1.34 bits per heavy atom. The van der Waals surface area contributed by atoms with Crippen molar-refractivity contribution in [2.75, 3.05) is 0 Å². The fourth-order valence-electron chi connectivity index (χ4n) is 2.86. The Morgan fingerprint density at radius 1 is 0.771 bits per heavy atom. The predicted molar refractivity (Wildman–Crippen MR) is 120 cm³/mol. The van der Waals surface area contributed by atoms with Crippen LogP contribution >= 0.6 is 0 Å². The number of carboxylic acid groups (broad SMARTS) is 2. The average Bonchev–Trinajstić information content (AvgIpc) is 2.76. The van der Waals surface area contributed by atoms with E-state index in [0.717, 1.165) is 0 Å². The molecule has 0 aromatic carbocycles. The van der Waals surface area contributed by atoms with Crippen LogP contribution in [-0.2, 0) is 33.6 Å². The highest BCUT2D eigenvalue weighted by Crippen LogP contribution is 2.10. The molecule has 0 rings (SSSR count). The third kappa shape index (κ3) is 12.3. The molecule has 0 aromatic rings. The minimum absolute atomic E-state index is 0.114. The summed E-state index contributed by atoms with van der Waals surface area (Å²) in [5, 5.41) is 24.9. The van der Waals surface area contributed by atoms with Crippen molar-refractivity contribution in [1.82, 2.24) is 16.0 Å². The second kappa shape index (κ2) is 15.2. The van der Waals surface area contributed by atoms with E-state index in [2.05, 4.69) is 16.0 Å². The Balaban J connectivity index is 5.56. The van der Waals surface area contributed by atoms with E-state index in [1.165, 1.54) is 0 Å². The van der Waals surface area contributed by atoms with Gasteiger partial charge in [0.15, 0.2) is 0 Å². The van der Waals surface area contributed by atoms with Gasteiger partial charge in [-0.3, -0.25) is 28.8 Å². The Hall–Kier alpha value is -3.75. The molecule has 5 amide bonds. The quantitative estimate of drug-likeness (QED) is 0.0991. The first kappa shape index (κ1) is 31.2. The van der Waals surface area contributed by atoms with Gasteiger partial charge in [0.1, 0.15) is 18.1 Å². The zero-order valence-electron chi connectivity index (χ0n) is 19.6. The number of primary amides is 2. The van der Waals surface area contributed by atoms with Crippen LogP contribution in [0.3, 0.4) is 0 Å². The second-order valence-electron chi connectivity index (χ2n) is 8.05. The summed E-state index contributed by atoms with van der Waals surface area (Å²) < 4.78 is 0. The minimum atomic E-state index is -1.52. The molecule has 0 aliphatic heterocycles. The molecule has 15 heteroatoms. The van der Waals surface area contributed by atoms with Gasteiger partial charge in [-0.05, 0) is 18.8 Å². The summed E-state index contributed by atoms with van der Waals surface area (Å²) in [4.78, 5) is 82.4. The summed E-state index contributed by atoms with van der Waals surface area (Å²) in [5.74, 6) is -7.59. The van der Waals surface area contributed by atoms with Crippen LogP contribution in [0.2, 0.25) is 0 Å². The van der Waals surface area contributed by atoms with Crippen molar-refractivity contribution in [3.05, 3.63) is 0 Å². The van der Waals surface area contributed by atoms with Crippen molar-refractivity contribution in [3.8, 4) is 0 Å². The van der Waals surface area contributed by atoms with E-state index in [1.807, 2.05) is 0 Å². The highest BCUT2D eigenvalue weighted by atomic mass is 16.4. The Bertz CT molecular complexity index is 819. The van der Waals surface area contributed by atoms with Gasteiger partial charge in [0, 0.05) is 12.8 Å². The van der Waals surface area contributed by atoms with Gasteiger partial charge in [0.05, 0.1) is 12.5 Å². The third-order valence-corrected chi connectivity index (χ3v) is 5.13. The van der Waals surface area contributed by atoms with E-state index in [0.29, 0.717) is 6.42 Å². The number of carbonyl (C=O) groups is 7. The highest BCUT2D eigenvalue weighted by Gasteiger charge is 2.33. The second-order valence-corrected chi connectivity index (χ2v) is 8.05. The SMILES string of the molecule is CCC(C)C(NC(=O)C(CC(N)=O)NC(=O)C(N)CCC(N)=O)C(=O)NC(CCC(=O)O)C(=O)O. The molecule has 0 heterocycles. The zero-order valence-corrected chi connectivity index (χ0v) is 19.6. The monoisotopic (exact) mass is 502 g/mol. The van der Waals surface area contributed by atoms with E-state index < -0.39 is 84.4 Å². The number of carboxylic acids is 2. The van der Waals surface area contributed by atoms with E-state index in [4.69, 9.17) is 22.3 Å². The number of carbonyl (C=O) groups excluding carboxylic acids is 5. The molecule has 0 radical (unpaired) electrons. The van der Waals surface area contributed by atoms with Gasteiger partial charge in [-0.25, -0.2) is 4.79 Å². The predicted octanol–water partition coefficient (Wildman–Crippen LogP) is -3.10. The maximum atomic E-state index is 12.9. The standard InChI is InChI=1S/C20H34N6O9/c1-3-9(2)16(19(33)24-11(20(34)35)5-7-15(29)30)26-18(32)12(8-14(23)28)25-17(31)10(21)4-6-13(22)27/h9-12,16H,3-8,21H2,1-2H3,(H2,22,27)(H2,23,28)(H,24,33)(H,25,31)(H,26,32)(H,29,30)(H,34,35). The lowest BCUT2D eigenvalue weighted by Crippen LogP contribution is -2.59. The molecule has 0 saturated heterocycles. The molecule has 0 aromatic heterocycles. The summed E-state index contributed by atoms with van der Waals surface area (Å²) >= 11 is 0. The molecule has 11 N–H and O–H groups in total. The lowest BCUT2D eigenvalue weighted by molar-refractivity contribution is -0.144. The summed E-state index contributed by atoms with van der Waals surface area (Å²) in [6, 6.07) is -5.53. The zero-order chi connectivity index (χ0) is 27.3. The average molecular weight is 503 g/mol. The first-order chi connectivity index (χ1) is 16.2. The van der Waals surface area contributed by atoms with E-state index in [1.54, 1.807) is 13.8 Å². The van der Waals surface area contributed by atoms with Gasteiger partial charge in [-0.1, -0.05) is 20.3 Å². The lowest BCUT2D eigenvalue weighted by atomic mass is 9.97. The Kier molecular flexibility index (Phi) is 13.6. The van der Waals surface area contributed by atoms with E-state index >= 15 is 0 Å². The van der Waals surface area contributed by atoms with Crippen LogP contribution in [0.1, 0.15) is 52.4 Å². The van der Waals surface area contributed by atoms with Gasteiger partial charge < -0.3 is 43.4 Å². The molecule has 198 valence electrons. The number of nitrogens with one attached hydrogen (secondary N) is 3. The van der Waals surface area contributed by atoms with Crippen LogP contribution in [0.4, 0.5) is 0 Å². The van der Waals surface area contributed by atoms with Crippen molar-refractivity contribution in [2.24, 2.45) is 23.1 Å². The van der Waals surface area contributed by atoms with E-state index in [9.17, 15) is 38.7 Å². The van der Waals surface area contributed by atoms with Crippen molar-refractivity contribution in [3.63, 3.8) is 0 Å². The molecule has 5 atom stereocenters. The number of rotatable bonds is 17. The van der Waals surface area contributed by atoms with Gasteiger partial charge in [0.2, 0.25) is 29.5 Å². The number of hydrogen-bond acceptors (Lipinski definition) is 8. The Labute approximate surface area is 201 Å². The molecular formula is C20H34N6O9. The summed E-state index contributed by atoms with van der Waals surface area (Å²) in [7, 11) is 0. The normalized spacial score (nSPS) is 14.9. The molecule has 0 aliphatic rings. The van der Waals surface area contributed by atoms with Gasteiger partial charge in [-0.2, -0.15) is 0 Å². The van der Waals surface area contributed by atoms with Crippen molar-refractivity contribution >= 4 is 41.5 Å². The van der Waals surface area contributed by atoms with Crippen LogP contribution in [0, 0.1) is 5.92 Å². The molecule has 15 nitrogen and oxygen atoms in total. The van der Waals surface area contributed by atoms with Crippen molar-refractivity contribution < 1.29 is 43.8 Å². The molecular weight excluding hydrogens is 468 g/mol. The summed E-state index contributed by atoms with van der Waals surface area (Å²) in [6.45, 7) is 3.30. The number of nitrogens with two attached hydrogens (primary N) is 3. The first-order valence-electron chi connectivity index (χ1n) is 10.9. The van der Waals surface area contributed by atoms with Crippen LogP contribution in [0.15, 0.2) is 0 Å². The summed E-state index contributed by atoms with van der Waals surface area (Å²) in [6.07, 6.45) is -1.47. The minimum Gasteiger partial charge on any atom is -0.481 e. The highest BCUT2D eigenvalue weighted by molar-refractivity contribution is 5.96. The third-order valence-electron chi connectivity index (χ3n) is 5.13.